The fourth-order valence-electron chi connectivity index (χ4n) is 13.7. The molecule has 0 saturated heterocycles. The topological polar surface area (TPSA) is 35.2 Å². The molecule has 0 fully saturated rings. The van der Waals surface area contributed by atoms with Crippen LogP contribution in [0.4, 0.5) is 69.1 Å². The summed E-state index contributed by atoms with van der Waals surface area (Å²) in [5.74, 6) is 0. The third kappa shape index (κ3) is 68.7. The number of alkyl halides is 4. The van der Waals surface area contributed by atoms with Crippen LogP contribution >= 0.6 is 78.1 Å². The van der Waals surface area contributed by atoms with Crippen molar-refractivity contribution in [3.8, 4) is 22.7 Å². The molecule has 0 atom stereocenters. The number of aryl methyl sites for hydroxylation is 4. The minimum atomic E-state index is -6.00. The number of nitrogens with zero attached hydrogens (tertiary/aromatic N) is 8. The van der Waals surface area contributed by atoms with E-state index in [1.165, 1.54) is 121 Å². The van der Waals surface area contributed by atoms with Gasteiger partial charge in [0, 0.05) is 49.6 Å². The number of unbranched alkanes of at least 4 members (excludes halogenated alkanes) is 4. The average molecular weight is 2380 g/mol. The van der Waals surface area contributed by atoms with Gasteiger partial charge in [-0.15, -0.1) is 46.4 Å². The molecule has 0 bridgehead atoms. The van der Waals surface area contributed by atoms with Gasteiger partial charge in [-0.05, 0) is 114 Å². The molecule has 8 rings (SSSR count). The third-order valence-electron chi connectivity index (χ3n) is 18.1. The summed E-state index contributed by atoms with van der Waals surface area (Å²) in [4.78, 5) is 0. The maximum Gasteiger partial charge on any atom is 1.00 e. The second kappa shape index (κ2) is 65.7. The largest absolute Gasteiger partial charge is 1.00 e. The van der Waals surface area contributed by atoms with Crippen molar-refractivity contribution in [1.82, 2.24) is 18.3 Å². The molecule has 0 aliphatic carbocycles. The predicted octanol–water partition coefficient (Wildman–Crippen LogP) is 31.8. The second-order valence-electron chi connectivity index (χ2n) is 37.8. The molecule has 0 N–H and O–H groups in total. The van der Waals surface area contributed by atoms with Crippen molar-refractivity contribution in [3.63, 3.8) is 0 Å². The van der Waals surface area contributed by atoms with Gasteiger partial charge < -0.3 is 106 Å². The molecule has 0 radical (unpaired) electrons. The standard InChI is InChI=1S/4C22H35N2P.2CH2Cl2.4Ag.4BF4/c4*1-8-9-13-23-14-15-24(18-23)20-12-10-11-19(16-20)17-25(21(2,3)4)22(5,6)7;2*2-1-3;;;;;4*2-1(3,4)5/h4*10-12,14-16H,8-9,13,17H2,1-7H3;2*1H2;;;;;;;;/q;;;;;;4*+1;4*-1. The molecular weight excluding hydrogens is 2240 g/mol. The molecule has 8 nitrogen and oxygen atoms in total. The molecule has 0 spiro atoms. The van der Waals surface area contributed by atoms with Gasteiger partial charge in [-0.3, -0.25) is 0 Å². The Morgan fingerprint density at radius 2 is 0.508 bits per heavy atom. The third-order valence-corrected chi connectivity index (χ3v) is 33.8. The molecule has 0 unspecified atom stereocenters. The van der Waals surface area contributed by atoms with Gasteiger partial charge >= 0.3 is 119 Å². The Bertz CT molecular complexity index is 3640. The van der Waals surface area contributed by atoms with E-state index in [2.05, 4.69) is 402 Å². The molecule has 4 aromatic heterocycles. The van der Waals surface area contributed by atoms with Crippen molar-refractivity contribution >= 4 is 107 Å². The summed E-state index contributed by atoms with van der Waals surface area (Å²) in [7, 11) is -24.5. The van der Waals surface area contributed by atoms with Gasteiger partial charge in [0.1, 0.15) is 0 Å². The van der Waals surface area contributed by atoms with Crippen LogP contribution in [-0.4, -0.2) is 99.2 Å². The summed E-state index contributed by atoms with van der Waals surface area (Å²) in [5.41, 5.74) is 10.6. The Morgan fingerprint density at radius 3 is 0.715 bits per heavy atom. The Labute approximate surface area is 859 Å². The Balaban J connectivity index is -0.000000356. The number of aromatic nitrogens is 8. The van der Waals surface area contributed by atoms with Crippen molar-refractivity contribution in [2.75, 3.05) is 10.7 Å². The number of hydrogen-bond donors (Lipinski definition) is 0. The minimum Gasteiger partial charge on any atom is -0.418 e. The van der Waals surface area contributed by atoms with Crippen LogP contribution in [0, 0.1) is 25.3 Å². The smallest absolute Gasteiger partial charge is 0.418 e. The van der Waals surface area contributed by atoms with Crippen LogP contribution < -0.4 is 18.3 Å². The number of rotatable bonds is 24. The molecule has 4 heterocycles. The molecule has 130 heavy (non-hydrogen) atoms. The fraction of sp³-hybridized carbons (Fsp3) is 0.600. The first-order valence-corrected chi connectivity index (χ1v) is 50.7. The molecule has 8 aromatic rings. The monoisotopic (exact) mass is 2380 g/mol. The van der Waals surface area contributed by atoms with E-state index in [0.717, 1.165) is 26.2 Å². The second-order valence-corrected chi connectivity index (χ2v) is 54.9. The summed E-state index contributed by atoms with van der Waals surface area (Å²) < 4.78 is 173. The van der Waals surface area contributed by atoms with E-state index in [0.29, 0.717) is 41.2 Å². The molecular formula is C90H144Ag4B4Cl4F16N8P4. The van der Waals surface area contributed by atoms with E-state index >= 15 is 0 Å². The van der Waals surface area contributed by atoms with E-state index < -0.39 is 29.0 Å². The minimum absolute atomic E-state index is 0. The summed E-state index contributed by atoms with van der Waals surface area (Å²) in [6, 6.07) is 36.0. The van der Waals surface area contributed by atoms with Crippen molar-refractivity contribution in [2.45, 2.75) is 337 Å². The van der Waals surface area contributed by atoms with Gasteiger partial charge in [0.25, 0.3) is 0 Å². The van der Waals surface area contributed by atoms with Crippen LogP contribution in [0.1, 0.15) is 267 Å². The first-order valence-electron chi connectivity index (χ1n) is 42.5. The van der Waals surface area contributed by atoms with E-state index in [1.54, 1.807) is 0 Å². The molecule has 0 saturated carbocycles. The zero-order valence-corrected chi connectivity index (χ0v) is 93.6. The number of benzene rings is 4. The fourth-order valence-corrected chi connectivity index (χ4v) is 27.8. The summed E-state index contributed by atoms with van der Waals surface area (Å²) in [6.45, 7) is 70.5. The Morgan fingerprint density at radius 1 is 0.300 bits per heavy atom. The van der Waals surface area contributed by atoms with Gasteiger partial charge in [-0.2, -0.15) is 0 Å². The van der Waals surface area contributed by atoms with Crippen LogP contribution in [0.3, 0.4) is 0 Å². The Hall–Kier alpha value is -1.30. The molecule has 0 amide bonds. The average Bonchev–Trinajstić information content (AvgIpc) is 1.17. The first-order chi connectivity index (χ1) is 57.3. The maximum absolute atomic E-state index is 9.75. The van der Waals surface area contributed by atoms with Crippen LogP contribution in [-0.2, 0) is 140 Å². The number of halogens is 20. The maximum atomic E-state index is 9.75. The van der Waals surface area contributed by atoms with E-state index in [4.69, 9.17) is 46.4 Å². The van der Waals surface area contributed by atoms with Gasteiger partial charge in [0.05, 0.1) is 59.6 Å². The van der Waals surface area contributed by atoms with Crippen molar-refractivity contribution in [3.05, 3.63) is 194 Å². The molecule has 0 aliphatic heterocycles. The van der Waals surface area contributed by atoms with E-state index in [9.17, 15) is 69.1 Å². The van der Waals surface area contributed by atoms with Crippen LogP contribution in [0.15, 0.2) is 147 Å². The molecule has 4 aromatic carbocycles. The zero-order chi connectivity index (χ0) is 98.1. The quantitative estimate of drug-likeness (QED) is 0.0144. The number of imidazole rings is 4. The molecule has 760 valence electrons. The first kappa shape index (κ1) is 139. The molecule has 40 heteroatoms. The summed E-state index contributed by atoms with van der Waals surface area (Å²) in [6.07, 6.45) is 45.1. The Kier molecular flexibility index (Phi) is 70.4. The van der Waals surface area contributed by atoms with E-state index in [-0.39, 0.29) is 132 Å². The predicted molar refractivity (Wildman–Crippen MR) is 513 cm³/mol. The zero-order valence-electron chi connectivity index (χ0n) is 81.0. The van der Waals surface area contributed by atoms with Crippen LogP contribution in [0.5, 0.6) is 0 Å². The van der Waals surface area contributed by atoms with Crippen LogP contribution in [0.25, 0.3) is 22.7 Å². The molecule has 0 aliphatic rings. The van der Waals surface area contributed by atoms with Crippen molar-refractivity contribution in [1.29, 1.82) is 0 Å². The number of hydrogen-bond acceptors (Lipinski definition) is 0. The van der Waals surface area contributed by atoms with Crippen LogP contribution in [0.2, 0.25) is 0 Å². The van der Waals surface area contributed by atoms with Gasteiger partial charge in [-0.25, -0.2) is 0 Å². The van der Waals surface area contributed by atoms with E-state index in [1.807, 2.05) is 0 Å². The summed E-state index contributed by atoms with van der Waals surface area (Å²) >= 11 is 19.1. The van der Waals surface area contributed by atoms with Crippen molar-refractivity contribution < 1.29 is 177 Å². The van der Waals surface area contributed by atoms with Gasteiger partial charge in [0.2, 0.25) is 25.3 Å². The SMILES string of the molecule is CCCC[n+]1[c-]n(-c2cccc(CP(C(C)(C)C)C(C)(C)C)c2)cc1.CCCC[n+]1[c-]n(-c2cccc(CP(C(C)(C)C)C(C)(C)C)c2)cc1.CCCC[n+]1[c-]n(-c2cccc(CP(C(C)(C)C)C(C)(C)C)c2)cc1.CCCCn1[c-][n+](-c2cccc(CP(C(C)(C)C)C(C)(C)C)c2)cc1.ClCCl.ClCCl.F[B-](F)(F)F.F[B-](F)(F)F.F[B-](F)(F)F.F[B-](F)(F)F.[Ag+].[Ag+].[Ag+].[Ag+]. The normalized spacial score (nSPS) is 12.0. The van der Waals surface area contributed by atoms with Gasteiger partial charge in [0.15, 0.2) is 0 Å². The van der Waals surface area contributed by atoms with Gasteiger partial charge in [-0.1, -0.05) is 348 Å². The van der Waals surface area contributed by atoms with Crippen molar-refractivity contribution in [2.24, 2.45) is 0 Å². The summed E-state index contributed by atoms with van der Waals surface area (Å²) in [5, 5.41) is 3.22.